The van der Waals surface area contributed by atoms with Gasteiger partial charge in [0.2, 0.25) is 0 Å². The van der Waals surface area contributed by atoms with Gasteiger partial charge in [-0.3, -0.25) is 4.21 Å². The third-order valence-electron chi connectivity index (χ3n) is 4.56. The van der Waals surface area contributed by atoms with Crippen molar-refractivity contribution >= 4 is 10.8 Å². The molecule has 20 heavy (non-hydrogen) atoms. The Morgan fingerprint density at radius 2 is 2.05 bits per heavy atom. The molecule has 1 aliphatic carbocycles. The first-order chi connectivity index (χ1) is 9.60. The van der Waals surface area contributed by atoms with Crippen molar-refractivity contribution < 1.29 is 13.7 Å². The van der Waals surface area contributed by atoms with Crippen molar-refractivity contribution in [2.75, 3.05) is 25.5 Å². The molecule has 4 atom stereocenters. The van der Waals surface area contributed by atoms with Gasteiger partial charge in [0.05, 0.1) is 18.5 Å². The Morgan fingerprint density at radius 1 is 1.35 bits per heavy atom. The van der Waals surface area contributed by atoms with Crippen molar-refractivity contribution in [3.8, 4) is 0 Å². The maximum absolute atomic E-state index is 12.8. The fraction of sp³-hybridized carbons (Fsp3) is 1.00. The minimum Gasteiger partial charge on any atom is -0.347 e. The van der Waals surface area contributed by atoms with E-state index >= 15 is 0 Å². The van der Waals surface area contributed by atoms with E-state index in [2.05, 4.69) is 26.1 Å². The van der Waals surface area contributed by atoms with E-state index in [0.717, 1.165) is 38.0 Å². The average Bonchev–Trinajstić information content (AvgIpc) is 2.89. The molecule has 4 unspecified atom stereocenters. The van der Waals surface area contributed by atoms with Crippen molar-refractivity contribution in [2.24, 2.45) is 5.92 Å². The molecule has 1 N–H and O–H groups in total. The molecule has 4 nitrogen and oxygen atoms in total. The van der Waals surface area contributed by atoms with E-state index in [1.165, 1.54) is 0 Å². The van der Waals surface area contributed by atoms with Crippen molar-refractivity contribution in [2.45, 2.75) is 63.5 Å². The summed E-state index contributed by atoms with van der Waals surface area (Å²) < 4.78 is 24.4. The van der Waals surface area contributed by atoms with Crippen LogP contribution in [-0.2, 0) is 20.3 Å². The molecule has 0 aromatic heterocycles. The number of ether oxygens (including phenoxy) is 2. The van der Waals surface area contributed by atoms with Gasteiger partial charge in [-0.25, -0.2) is 0 Å². The van der Waals surface area contributed by atoms with Gasteiger partial charge in [0, 0.05) is 35.4 Å². The first-order valence-electron chi connectivity index (χ1n) is 7.98. The molecule has 2 fully saturated rings. The molecule has 1 heterocycles. The Hall–Kier alpha value is 0.0300. The fourth-order valence-electron chi connectivity index (χ4n) is 3.17. The van der Waals surface area contributed by atoms with Crippen LogP contribution in [0.25, 0.3) is 0 Å². The number of hydrogen-bond acceptors (Lipinski definition) is 4. The highest BCUT2D eigenvalue weighted by Gasteiger charge is 2.46. The zero-order chi connectivity index (χ0) is 14.6. The number of hydrogen-bond donors (Lipinski definition) is 1. The maximum Gasteiger partial charge on any atom is 0.169 e. The molecule has 1 saturated heterocycles. The van der Waals surface area contributed by atoms with Gasteiger partial charge in [0.1, 0.15) is 0 Å². The average molecular weight is 303 g/mol. The monoisotopic (exact) mass is 303 g/mol. The second kappa shape index (κ2) is 7.34. The third-order valence-corrected chi connectivity index (χ3v) is 6.63. The van der Waals surface area contributed by atoms with Gasteiger partial charge in [0.25, 0.3) is 0 Å². The lowest BCUT2D eigenvalue weighted by Crippen LogP contribution is -2.53. The summed E-state index contributed by atoms with van der Waals surface area (Å²) in [4.78, 5) is 0. The Labute approximate surface area is 125 Å². The summed E-state index contributed by atoms with van der Waals surface area (Å²) in [6, 6.07) is 0.336. The molecule has 118 valence electrons. The van der Waals surface area contributed by atoms with E-state index in [9.17, 15) is 4.21 Å². The molecule has 1 saturated carbocycles. The van der Waals surface area contributed by atoms with Gasteiger partial charge in [-0.1, -0.05) is 27.2 Å². The highest BCUT2D eigenvalue weighted by Crippen LogP contribution is 2.38. The largest absolute Gasteiger partial charge is 0.347 e. The Bertz CT molecular complexity index is 331. The normalized spacial score (nSPS) is 32.4. The van der Waals surface area contributed by atoms with E-state index in [-0.39, 0.29) is 5.25 Å². The van der Waals surface area contributed by atoms with Gasteiger partial charge in [0.15, 0.2) is 5.79 Å². The van der Waals surface area contributed by atoms with Crippen LogP contribution in [-0.4, -0.2) is 46.8 Å². The molecular weight excluding hydrogens is 274 g/mol. The van der Waals surface area contributed by atoms with Crippen LogP contribution < -0.4 is 5.32 Å². The molecule has 5 heteroatoms. The Balaban J connectivity index is 2.04. The van der Waals surface area contributed by atoms with Gasteiger partial charge in [-0.2, -0.15) is 0 Å². The summed E-state index contributed by atoms with van der Waals surface area (Å²) in [5.74, 6) is 0.863. The zero-order valence-corrected chi connectivity index (χ0v) is 13.8. The predicted octanol–water partition coefficient (Wildman–Crippen LogP) is 2.05. The summed E-state index contributed by atoms with van der Waals surface area (Å²) in [5, 5.41) is 3.66. The minimum absolute atomic E-state index is 0.149. The molecule has 0 aromatic carbocycles. The van der Waals surface area contributed by atoms with Crippen LogP contribution in [0.1, 0.15) is 46.5 Å². The fourth-order valence-corrected chi connectivity index (χ4v) is 5.25. The van der Waals surface area contributed by atoms with Crippen LogP contribution in [0.4, 0.5) is 0 Å². The molecule has 0 amide bonds. The van der Waals surface area contributed by atoms with Crippen molar-refractivity contribution in [1.82, 2.24) is 5.32 Å². The van der Waals surface area contributed by atoms with E-state index in [1.807, 2.05) is 0 Å². The van der Waals surface area contributed by atoms with Crippen LogP contribution in [0.3, 0.4) is 0 Å². The second-order valence-electron chi connectivity index (χ2n) is 6.11. The van der Waals surface area contributed by atoms with Crippen LogP contribution in [0.5, 0.6) is 0 Å². The first-order valence-corrected chi connectivity index (χ1v) is 9.37. The molecular formula is C15H29NO3S. The van der Waals surface area contributed by atoms with Crippen LogP contribution in [0, 0.1) is 5.92 Å². The van der Waals surface area contributed by atoms with Gasteiger partial charge in [-0.05, 0) is 18.9 Å². The SMILES string of the molecule is CCNC1CCC2(CC1S(=O)CC(C)CC)OCCO2. The molecule has 0 radical (unpaired) electrons. The zero-order valence-electron chi connectivity index (χ0n) is 13.0. The summed E-state index contributed by atoms with van der Waals surface area (Å²) in [7, 11) is -0.813. The third kappa shape index (κ3) is 3.81. The lowest BCUT2D eigenvalue weighted by molar-refractivity contribution is -0.178. The Kier molecular flexibility index (Phi) is 6.02. The quantitative estimate of drug-likeness (QED) is 0.816. The molecule has 1 spiro atoms. The highest BCUT2D eigenvalue weighted by atomic mass is 32.2. The minimum atomic E-state index is -0.813. The summed E-state index contributed by atoms with van der Waals surface area (Å²) in [6.07, 6.45) is 3.77. The van der Waals surface area contributed by atoms with Crippen LogP contribution in [0.2, 0.25) is 0 Å². The van der Waals surface area contributed by atoms with Crippen molar-refractivity contribution in [3.05, 3.63) is 0 Å². The van der Waals surface area contributed by atoms with E-state index in [4.69, 9.17) is 9.47 Å². The molecule has 0 bridgehead atoms. The van der Waals surface area contributed by atoms with E-state index in [0.29, 0.717) is 25.2 Å². The smallest absolute Gasteiger partial charge is 0.169 e. The standard InChI is InChI=1S/C15H29NO3S/c1-4-12(3)11-20(17)14-10-15(18-8-9-19-15)7-6-13(14)16-5-2/h12-14,16H,4-11H2,1-3H3. The van der Waals surface area contributed by atoms with Gasteiger partial charge >= 0.3 is 0 Å². The molecule has 2 rings (SSSR count). The van der Waals surface area contributed by atoms with Crippen molar-refractivity contribution in [3.63, 3.8) is 0 Å². The van der Waals surface area contributed by atoms with Gasteiger partial charge in [-0.15, -0.1) is 0 Å². The Morgan fingerprint density at radius 3 is 2.65 bits per heavy atom. The molecule has 2 aliphatic rings. The maximum atomic E-state index is 12.8. The van der Waals surface area contributed by atoms with Gasteiger partial charge < -0.3 is 14.8 Å². The lowest BCUT2D eigenvalue weighted by atomic mass is 9.89. The molecule has 0 aromatic rings. The highest BCUT2D eigenvalue weighted by molar-refractivity contribution is 7.85. The topological polar surface area (TPSA) is 47.6 Å². The summed E-state index contributed by atoms with van der Waals surface area (Å²) in [5.41, 5.74) is 0. The van der Waals surface area contributed by atoms with E-state index in [1.54, 1.807) is 0 Å². The number of nitrogens with one attached hydrogen (secondary N) is 1. The predicted molar refractivity (Wildman–Crippen MR) is 82.2 cm³/mol. The summed E-state index contributed by atoms with van der Waals surface area (Å²) >= 11 is 0. The summed E-state index contributed by atoms with van der Waals surface area (Å²) in [6.45, 7) is 8.74. The lowest BCUT2D eigenvalue weighted by Gasteiger charge is -2.41. The van der Waals surface area contributed by atoms with Crippen LogP contribution in [0.15, 0.2) is 0 Å². The first kappa shape index (κ1) is 16.4. The van der Waals surface area contributed by atoms with E-state index < -0.39 is 16.6 Å². The number of rotatable bonds is 6. The van der Waals surface area contributed by atoms with Crippen molar-refractivity contribution in [1.29, 1.82) is 0 Å². The van der Waals surface area contributed by atoms with Crippen LogP contribution >= 0.6 is 0 Å². The second-order valence-corrected chi connectivity index (χ2v) is 7.81. The molecule has 1 aliphatic heterocycles.